The van der Waals surface area contributed by atoms with Crippen LogP contribution in [0.15, 0.2) is 0 Å². The minimum absolute atomic E-state index is 0. The zero-order valence-corrected chi connectivity index (χ0v) is 6.55. The monoisotopic (exact) mass is 182 g/mol. The van der Waals surface area contributed by atoms with Gasteiger partial charge in [0.1, 0.15) is 0 Å². The molecule has 0 N–H and O–H groups in total. The predicted molar refractivity (Wildman–Crippen MR) is 12.5 cm³/mol. The molecule has 4 heavy (non-hydrogen) atoms. The van der Waals surface area contributed by atoms with Gasteiger partial charge in [0.2, 0.25) is 0 Å². The Morgan fingerprint density at radius 3 is 1.25 bits per heavy atom. The van der Waals surface area contributed by atoms with Crippen LogP contribution in [0.1, 0.15) is 0 Å². The van der Waals surface area contributed by atoms with Gasteiger partial charge in [-0.3, -0.25) is 0 Å². The van der Waals surface area contributed by atoms with Gasteiger partial charge in [-0.2, -0.15) is 0 Å². The second-order valence-corrected chi connectivity index (χ2v) is 0.525. The molecule has 0 heterocycles. The molecule has 0 unspecified atom stereocenters. The fraction of sp³-hybridized carbons (Fsp3) is 0. The molecule has 0 aliphatic heterocycles. The van der Waals surface area contributed by atoms with Crippen LogP contribution in [0, 0.1) is 0 Å². The van der Waals surface area contributed by atoms with E-state index in [0.717, 1.165) is 0 Å². The summed E-state index contributed by atoms with van der Waals surface area (Å²) in [6.07, 6.45) is 0. The third-order valence-corrected chi connectivity index (χ3v) is 0. The molecule has 4 heteroatoms. The molecule has 24 valence electrons. The molecule has 0 aliphatic rings. The molecule has 0 aromatic rings. The zero-order valence-electron chi connectivity index (χ0n) is 1.87. The van der Waals surface area contributed by atoms with Crippen molar-refractivity contribution >= 4 is 17.0 Å². The molecule has 0 aromatic heterocycles. The molecule has 0 fully saturated rings. The third kappa shape index (κ3) is 12.3. The van der Waals surface area contributed by atoms with E-state index in [2.05, 4.69) is 0 Å². The van der Waals surface area contributed by atoms with Crippen molar-refractivity contribution < 1.29 is 24.8 Å². The third-order valence-electron chi connectivity index (χ3n) is 0. The Bertz CT molecular complexity index is 6.00. The van der Waals surface area contributed by atoms with Gasteiger partial charge in [0.05, 0.1) is 0 Å². The maximum absolute atomic E-state index is 9.81. The molecule has 0 spiro atoms. The first-order valence-corrected chi connectivity index (χ1v) is 2.78. The summed E-state index contributed by atoms with van der Waals surface area (Å²) in [7, 11) is 0. The van der Waals surface area contributed by atoms with Crippen molar-refractivity contribution in [1.29, 1.82) is 0 Å². The Labute approximate surface area is 42.1 Å². The topological polar surface area (TPSA) is 0 Å². The number of hydrogen-bond donors (Lipinski definition) is 0. The Morgan fingerprint density at radius 2 is 1.25 bits per heavy atom. The van der Waals surface area contributed by atoms with Crippen molar-refractivity contribution in [3.05, 3.63) is 0 Å². The maximum atomic E-state index is 9.81. The summed E-state index contributed by atoms with van der Waals surface area (Å²) in [5, 5.41) is 0. The van der Waals surface area contributed by atoms with Crippen LogP contribution < -0.4 is 0 Å². The second-order valence-electron chi connectivity index (χ2n) is 0.101. The van der Waals surface area contributed by atoms with Gasteiger partial charge in [0, 0.05) is 0 Å². The standard InChI is InChI=1S/BrH.2FH.Zn/h3*1H;/q;;;+2/p-2. The minimum atomic E-state index is -2.88. The van der Waals surface area contributed by atoms with E-state index in [-0.39, 0.29) is 17.0 Å². The van der Waals surface area contributed by atoms with E-state index in [9.17, 15) is 6.63 Å². The number of hydrogen-bond acceptors (Lipinski definition) is 0. The van der Waals surface area contributed by atoms with E-state index in [0.29, 0.717) is 0 Å². The van der Waals surface area contributed by atoms with Gasteiger partial charge in [-0.1, -0.05) is 0 Å². The van der Waals surface area contributed by atoms with Gasteiger partial charge in [-0.25, -0.2) is 0 Å². The molecule has 0 bridgehead atoms. The van der Waals surface area contributed by atoms with Crippen molar-refractivity contribution in [1.82, 2.24) is 0 Å². The molecule has 0 rings (SSSR count). The fourth-order valence-electron chi connectivity index (χ4n) is 0. The van der Waals surface area contributed by atoms with E-state index in [1.54, 1.807) is 0 Å². The Morgan fingerprint density at radius 1 is 1.25 bits per heavy atom. The van der Waals surface area contributed by atoms with Gasteiger partial charge in [0.25, 0.3) is 0 Å². The van der Waals surface area contributed by atoms with Gasteiger partial charge < -0.3 is 0 Å². The van der Waals surface area contributed by atoms with E-state index >= 15 is 0 Å². The average molecular weight is 184 g/mol. The van der Waals surface area contributed by atoms with Crippen molar-refractivity contribution in [2.24, 2.45) is 0 Å². The summed E-state index contributed by atoms with van der Waals surface area (Å²) >= 11 is -2.88. The average Bonchev–Trinajstić information content (AvgIpc) is 0.918. The molecule has 0 amide bonds. The summed E-state index contributed by atoms with van der Waals surface area (Å²) in [6.45, 7) is 0. The molecule has 0 atom stereocenters. The first-order chi connectivity index (χ1) is 1.41. The molecule has 0 aliphatic carbocycles. The van der Waals surface area contributed by atoms with Crippen LogP contribution in [0.3, 0.4) is 0 Å². The van der Waals surface area contributed by atoms with Gasteiger partial charge in [-0.05, 0) is 0 Å². The predicted octanol–water partition coefficient (Wildman–Crippen LogP) is 1.42. The van der Waals surface area contributed by atoms with E-state index in [4.69, 9.17) is 0 Å². The van der Waals surface area contributed by atoms with Crippen LogP contribution in [0.25, 0.3) is 0 Å². The van der Waals surface area contributed by atoms with Gasteiger partial charge in [-0.15, -0.1) is 17.0 Å². The molecule has 0 radical (unpaired) electrons. The van der Waals surface area contributed by atoms with Gasteiger partial charge >= 0.3 is 24.8 Å². The number of halogens is 3. The first kappa shape index (κ1) is 8.88. The van der Waals surface area contributed by atoms with Crippen LogP contribution in [0.5, 0.6) is 0 Å². The Kier molecular flexibility index (Phi) is 20.0. The van der Waals surface area contributed by atoms with Crippen molar-refractivity contribution in [2.45, 2.75) is 0 Å². The van der Waals surface area contributed by atoms with Crippen LogP contribution in [-0.4, -0.2) is 0 Å². The summed E-state index contributed by atoms with van der Waals surface area (Å²) < 4.78 is 19.6. The number of rotatable bonds is 0. The first-order valence-electron chi connectivity index (χ1n) is 0.535. The second kappa shape index (κ2) is 9.03. The van der Waals surface area contributed by atoms with Crippen molar-refractivity contribution in [3.63, 3.8) is 0 Å². The molecule has 0 saturated heterocycles. The fourth-order valence-corrected chi connectivity index (χ4v) is 0. The van der Waals surface area contributed by atoms with Gasteiger partial charge in [0.15, 0.2) is 0 Å². The van der Waals surface area contributed by atoms with E-state index in [1.807, 2.05) is 0 Å². The summed E-state index contributed by atoms with van der Waals surface area (Å²) in [6, 6.07) is 0. The Hall–Kier alpha value is 0.963. The SMILES string of the molecule is Br.[F][Zn][F]. The van der Waals surface area contributed by atoms with Crippen molar-refractivity contribution in [2.75, 3.05) is 0 Å². The molecule has 0 nitrogen and oxygen atoms in total. The quantitative estimate of drug-likeness (QED) is 0.499. The molecular weight excluding hydrogens is 183 g/mol. The Balaban J connectivity index is 0. The van der Waals surface area contributed by atoms with Crippen molar-refractivity contribution in [3.8, 4) is 0 Å². The van der Waals surface area contributed by atoms with Crippen LogP contribution in [0.2, 0.25) is 0 Å². The van der Waals surface area contributed by atoms with Crippen LogP contribution >= 0.6 is 17.0 Å². The van der Waals surface area contributed by atoms with E-state index in [1.165, 1.54) is 0 Å². The summed E-state index contributed by atoms with van der Waals surface area (Å²) in [5.41, 5.74) is 0. The van der Waals surface area contributed by atoms with Crippen LogP contribution in [0.4, 0.5) is 6.63 Å². The zero-order chi connectivity index (χ0) is 2.71. The summed E-state index contributed by atoms with van der Waals surface area (Å²) in [5.74, 6) is 0. The van der Waals surface area contributed by atoms with E-state index < -0.39 is 18.1 Å². The molecule has 0 saturated carbocycles. The molecular formula is HBrF2Zn. The summed E-state index contributed by atoms with van der Waals surface area (Å²) in [4.78, 5) is 0. The normalized spacial score (nSPS) is 2.50. The molecule has 0 aromatic carbocycles. The van der Waals surface area contributed by atoms with Crippen LogP contribution in [-0.2, 0) is 18.1 Å².